The van der Waals surface area contributed by atoms with Crippen molar-refractivity contribution in [3.8, 4) is 5.75 Å². The SMILES string of the molecule is Cc1ccc(OC[C@@H](C)NC(=O)CN2C(=O)c3ccccc3S2(=O)=O)cc1. The number of nitrogens with zero attached hydrogens (tertiary/aromatic N) is 1. The standard InChI is InChI=1S/C19H20N2O5S/c1-13-7-9-15(10-8-13)26-12-14(2)20-18(22)11-21-19(23)16-5-3-4-6-17(16)27(21,24)25/h3-10,14H,11-12H2,1-2H3,(H,20,22)/t14-/m1/s1. The van der Waals surface area contributed by atoms with E-state index in [2.05, 4.69) is 5.32 Å². The Morgan fingerprint density at radius 2 is 1.81 bits per heavy atom. The Hall–Kier alpha value is -2.87. The van der Waals surface area contributed by atoms with E-state index in [0.717, 1.165) is 5.56 Å². The summed E-state index contributed by atoms with van der Waals surface area (Å²) in [6.07, 6.45) is 0. The molecule has 0 unspecified atom stereocenters. The summed E-state index contributed by atoms with van der Waals surface area (Å²) in [5.74, 6) is -0.585. The van der Waals surface area contributed by atoms with Crippen molar-refractivity contribution in [1.82, 2.24) is 9.62 Å². The minimum atomic E-state index is -3.99. The molecule has 1 aliphatic rings. The van der Waals surface area contributed by atoms with Crippen molar-refractivity contribution in [2.24, 2.45) is 0 Å². The molecule has 2 amide bonds. The lowest BCUT2D eigenvalue weighted by molar-refractivity contribution is -0.121. The Morgan fingerprint density at radius 1 is 1.15 bits per heavy atom. The fourth-order valence-corrected chi connectivity index (χ4v) is 4.26. The van der Waals surface area contributed by atoms with Crippen LogP contribution in [0.15, 0.2) is 53.4 Å². The van der Waals surface area contributed by atoms with E-state index in [1.165, 1.54) is 18.2 Å². The summed E-state index contributed by atoms with van der Waals surface area (Å²) in [6, 6.07) is 13.1. The number of hydrogen-bond acceptors (Lipinski definition) is 5. The van der Waals surface area contributed by atoms with E-state index in [0.29, 0.717) is 10.1 Å². The second-order valence-electron chi connectivity index (χ2n) is 6.41. The van der Waals surface area contributed by atoms with Gasteiger partial charge in [0.1, 0.15) is 23.8 Å². The molecule has 0 aromatic heterocycles. The second-order valence-corrected chi connectivity index (χ2v) is 8.24. The largest absolute Gasteiger partial charge is 0.491 e. The lowest BCUT2D eigenvalue weighted by Gasteiger charge is -2.18. The first kappa shape index (κ1) is 18.9. The summed E-state index contributed by atoms with van der Waals surface area (Å²) in [4.78, 5) is 24.5. The topological polar surface area (TPSA) is 92.8 Å². The zero-order chi connectivity index (χ0) is 19.6. The molecule has 0 aliphatic carbocycles. The number of fused-ring (bicyclic) bond motifs is 1. The van der Waals surface area contributed by atoms with E-state index in [1.54, 1.807) is 13.0 Å². The van der Waals surface area contributed by atoms with Crippen LogP contribution in [0.5, 0.6) is 5.75 Å². The van der Waals surface area contributed by atoms with E-state index >= 15 is 0 Å². The van der Waals surface area contributed by atoms with Crippen LogP contribution in [0.25, 0.3) is 0 Å². The number of carbonyl (C=O) groups is 2. The average molecular weight is 388 g/mol. The smallest absolute Gasteiger partial charge is 0.269 e. The van der Waals surface area contributed by atoms with Crippen molar-refractivity contribution < 1.29 is 22.7 Å². The third-order valence-electron chi connectivity index (χ3n) is 4.13. The highest BCUT2D eigenvalue weighted by Gasteiger charge is 2.41. The highest BCUT2D eigenvalue weighted by atomic mass is 32.2. The monoisotopic (exact) mass is 388 g/mol. The lowest BCUT2D eigenvalue weighted by Crippen LogP contribution is -2.44. The molecule has 142 valence electrons. The quantitative estimate of drug-likeness (QED) is 0.813. The first-order valence-corrected chi connectivity index (χ1v) is 9.88. The minimum Gasteiger partial charge on any atom is -0.491 e. The predicted octanol–water partition coefficient (Wildman–Crippen LogP) is 1.72. The molecule has 2 aromatic carbocycles. The highest BCUT2D eigenvalue weighted by molar-refractivity contribution is 7.90. The molecule has 1 atom stereocenters. The van der Waals surface area contributed by atoms with Gasteiger partial charge in [-0.2, -0.15) is 0 Å². The van der Waals surface area contributed by atoms with Gasteiger partial charge in [-0.25, -0.2) is 12.7 Å². The maximum absolute atomic E-state index is 12.5. The van der Waals surface area contributed by atoms with Crippen LogP contribution in [-0.4, -0.2) is 43.7 Å². The van der Waals surface area contributed by atoms with Crippen LogP contribution in [0.2, 0.25) is 0 Å². The highest BCUT2D eigenvalue weighted by Crippen LogP contribution is 2.29. The summed E-state index contributed by atoms with van der Waals surface area (Å²) >= 11 is 0. The van der Waals surface area contributed by atoms with Gasteiger partial charge in [0.15, 0.2) is 0 Å². The zero-order valence-corrected chi connectivity index (χ0v) is 15.8. The van der Waals surface area contributed by atoms with Crippen LogP contribution >= 0.6 is 0 Å². The Balaban J connectivity index is 1.58. The van der Waals surface area contributed by atoms with Crippen LogP contribution < -0.4 is 10.1 Å². The van der Waals surface area contributed by atoms with Gasteiger partial charge in [0.25, 0.3) is 15.9 Å². The normalized spacial score (nSPS) is 15.9. The molecule has 1 N–H and O–H groups in total. The van der Waals surface area contributed by atoms with Crippen LogP contribution in [0, 0.1) is 6.92 Å². The molecule has 7 nitrogen and oxygen atoms in total. The number of ether oxygens (including phenoxy) is 1. The number of aryl methyl sites for hydroxylation is 1. The Bertz CT molecular complexity index is 970. The van der Waals surface area contributed by atoms with Crippen molar-refractivity contribution in [1.29, 1.82) is 0 Å². The molecule has 0 saturated heterocycles. The van der Waals surface area contributed by atoms with Gasteiger partial charge in [0, 0.05) is 0 Å². The van der Waals surface area contributed by atoms with Gasteiger partial charge in [-0.05, 0) is 38.1 Å². The van der Waals surface area contributed by atoms with Crippen molar-refractivity contribution in [2.75, 3.05) is 13.2 Å². The molecular formula is C19H20N2O5S. The van der Waals surface area contributed by atoms with Crippen LogP contribution in [-0.2, 0) is 14.8 Å². The second kappa shape index (κ2) is 7.40. The van der Waals surface area contributed by atoms with E-state index in [-0.39, 0.29) is 23.1 Å². The molecule has 8 heteroatoms. The van der Waals surface area contributed by atoms with E-state index in [4.69, 9.17) is 4.74 Å². The minimum absolute atomic E-state index is 0.0708. The molecule has 2 aromatic rings. The predicted molar refractivity (Wildman–Crippen MR) is 98.9 cm³/mol. The van der Waals surface area contributed by atoms with Gasteiger partial charge < -0.3 is 10.1 Å². The molecular weight excluding hydrogens is 368 g/mol. The Morgan fingerprint density at radius 3 is 2.48 bits per heavy atom. The number of sulfonamides is 1. The van der Waals surface area contributed by atoms with Gasteiger partial charge >= 0.3 is 0 Å². The van der Waals surface area contributed by atoms with Gasteiger partial charge in [0.05, 0.1) is 11.6 Å². The maximum atomic E-state index is 12.5. The van der Waals surface area contributed by atoms with Crippen LogP contribution in [0.3, 0.4) is 0 Å². The van der Waals surface area contributed by atoms with E-state index < -0.39 is 28.4 Å². The maximum Gasteiger partial charge on any atom is 0.269 e. The van der Waals surface area contributed by atoms with Crippen LogP contribution in [0.4, 0.5) is 0 Å². The number of nitrogens with one attached hydrogen (secondary N) is 1. The summed E-state index contributed by atoms with van der Waals surface area (Å²) in [7, 11) is -3.99. The molecule has 0 saturated carbocycles. The zero-order valence-electron chi connectivity index (χ0n) is 15.0. The number of hydrogen-bond donors (Lipinski definition) is 1. The molecule has 0 radical (unpaired) electrons. The van der Waals surface area contributed by atoms with Gasteiger partial charge in [-0.3, -0.25) is 9.59 Å². The fraction of sp³-hybridized carbons (Fsp3) is 0.263. The van der Waals surface area contributed by atoms with E-state index in [9.17, 15) is 18.0 Å². The summed E-state index contributed by atoms with van der Waals surface area (Å²) in [6.45, 7) is 3.36. The van der Waals surface area contributed by atoms with Crippen molar-refractivity contribution >= 4 is 21.8 Å². The number of benzene rings is 2. The summed E-state index contributed by atoms with van der Waals surface area (Å²) in [5, 5.41) is 2.65. The molecule has 3 rings (SSSR count). The lowest BCUT2D eigenvalue weighted by atomic mass is 10.2. The molecule has 0 bridgehead atoms. The Labute approximate surface area is 158 Å². The molecule has 0 spiro atoms. The fourth-order valence-electron chi connectivity index (χ4n) is 2.74. The number of carbonyl (C=O) groups excluding carboxylic acids is 2. The van der Waals surface area contributed by atoms with Gasteiger partial charge in [-0.1, -0.05) is 29.8 Å². The first-order chi connectivity index (χ1) is 12.8. The Kier molecular flexibility index (Phi) is 5.18. The summed E-state index contributed by atoms with van der Waals surface area (Å²) < 4.78 is 31.1. The van der Waals surface area contributed by atoms with Gasteiger partial charge in [0.2, 0.25) is 5.91 Å². The molecule has 0 fully saturated rings. The first-order valence-electron chi connectivity index (χ1n) is 8.44. The third-order valence-corrected chi connectivity index (χ3v) is 5.91. The van der Waals surface area contributed by atoms with Crippen molar-refractivity contribution in [3.63, 3.8) is 0 Å². The van der Waals surface area contributed by atoms with Crippen LogP contribution in [0.1, 0.15) is 22.8 Å². The van der Waals surface area contributed by atoms with Gasteiger partial charge in [-0.15, -0.1) is 0 Å². The number of rotatable bonds is 6. The number of amides is 2. The molecule has 1 aliphatic heterocycles. The summed E-state index contributed by atoms with van der Waals surface area (Å²) in [5.41, 5.74) is 1.20. The van der Waals surface area contributed by atoms with E-state index in [1.807, 2.05) is 31.2 Å². The van der Waals surface area contributed by atoms with Crippen molar-refractivity contribution in [3.05, 3.63) is 59.7 Å². The third kappa shape index (κ3) is 3.95. The molecule has 27 heavy (non-hydrogen) atoms. The van der Waals surface area contributed by atoms with Crippen molar-refractivity contribution in [2.45, 2.75) is 24.8 Å². The average Bonchev–Trinajstić information content (AvgIpc) is 2.82. The molecule has 1 heterocycles.